The van der Waals surface area contributed by atoms with Crippen molar-refractivity contribution in [1.82, 2.24) is 15.2 Å². The van der Waals surface area contributed by atoms with Crippen LogP contribution in [-0.2, 0) is 0 Å². The molecule has 0 spiro atoms. The summed E-state index contributed by atoms with van der Waals surface area (Å²) in [7, 11) is 0. The molecule has 0 aliphatic carbocycles. The van der Waals surface area contributed by atoms with Crippen LogP contribution in [0.5, 0.6) is 11.6 Å². The number of nitrogens with one attached hydrogen (secondary N) is 1. The Hall–Kier alpha value is -2.32. The summed E-state index contributed by atoms with van der Waals surface area (Å²) in [6.07, 6.45) is 1.80. The monoisotopic (exact) mass is 486 g/mol. The third kappa shape index (κ3) is 4.70. The molecule has 1 aliphatic heterocycles. The minimum absolute atomic E-state index is 0.434. The Balaban J connectivity index is 1.74. The second-order valence-electron chi connectivity index (χ2n) is 6.79. The predicted octanol–water partition coefficient (Wildman–Crippen LogP) is 6.10. The van der Waals surface area contributed by atoms with Crippen LogP contribution in [0.1, 0.15) is 38.5 Å². The van der Waals surface area contributed by atoms with Crippen LogP contribution < -0.4 is 14.8 Å². The van der Waals surface area contributed by atoms with E-state index in [1.54, 1.807) is 11.8 Å². The molecular weight excluding hydrogens is 464 g/mol. The summed E-state index contributed by atoms with van der Waals surface area (Å²) in [4.78, 5) is 4.69. The van der Waals surface area contributed by atoms with Gasteiger partial charge in [-0.1, -0.05) is 53.2 Å². The summed E-state index contributed by atoms with van der Waals surface area (Å²) >= 11 is 5.15. The summed E-state index contributed by atoms with van der Waals surface area (Å²) in [6, 6.07) is 13.9. The lowest BCUT2D eigenvalue weighted by Crippen LogP contribution is -2.17. The molecule has 6 nitrogen and oxygen atoms in total. The van der Waals surface area contributed by atoms with Gasteiger partial charge in [-0.2, -0.15) is 4.98 Å². The first-order chi connectivity index (χ1) is 14.7. The SMILES string of the molecule is CCCCSc1nnc2c(n1)OC(c1cccc(OCC)c1)Nc1ccc(Br)cc1-2. The summed E-state index contributed by atoms with van der Waals surface area (Å²) in [5.74, 6) is 2.23. The van der Waals surface area contributed by atoms with E-state index in [-0.39, 0.29) is 0 Å². The van der Waals surface area contributed by atoms with E-state index < -0.39 is 6.23 Å². The smallest absolute Gasteiger partial charge is 0.247 e. The van der Waals surface area contributed by atoms with E-state index in [2.05, 4.69) is 43.4 Å². The fraction of sp³-hybridized carbons (Fsp3) is 0.318. The number of fused-ring (bicyclic) bond motifs is 3. The number of ether oxygens (including phenoxy) is 2. The van der Waals surface area contributed by atoms with Crippen molar-refractivity contribution in [2.75, 3.05) is 17.7 Å². The van der Waals surface area contributed by atoms with Gasteiger partial charge in [-0.15, -0.1) is 10.2 Å². The zero-order chi connectivity index (χ0) is 20.9. The lowest BCUT2D eigenvalue weighted by Gasteiger charge is -2.20. The highest BCUT2D eigenvalue weighted by Gasteiger charge is 2.26. The third-order valence-electron chi connectivity index (χ3n) is 4.59. The molecule has 2 aromatic carbocycles. The van der Waals surface area contributed by atoms with Crippen LogP contribution in [0.25, 0.3) is 11.3 Å². The second kappa shape index (κ2) is 9.66. The van der Waals surface area contributed by atoms with Gasteiger partial charge in [-0.05, 0) is 43.7 Å². The number of anilines is 1. The molecule has 3 aromatic rings. The topological polar surface area (TPSA) is 69.2 Å². The van der Waals surface area contributed by atoms with Crippen LogP contribution >= 0.6 is 27.7 Å². The molecule has 156 valence electrons. The van der Waals surface area contributed by atoms with E-state index in [0.29, 0.717) is 23.3 Å². The van der Waals surface area contributed by atoms with Gasteiger partial charge < -0.3 is 14.8 Å². The summed E-state index contributed by atoms with van der Waals surface area (Å²) in [6.45, 7) is 4.75. The maximum absolute atomic E-state index is 6.34. The number of nitrogens with zero attached hydrogens (tertiary/aromatic N) is 3. The first-order valence-electron chi connectivity index (χ1n) is 10.0. The van der Waals surface area contributed by atoms with E-state index in [0.717, 1.165) is 45.6 Å². The quantitative estimate of drug-likeness (QED) is 0.319. The molecule has 1 unspecified atom stereocenters. The molecule has 2 heterocycles. The van der Waals surface area contributed by atoms with Gasteiger partial charge in [0, 0.05) is 27.0 Å². The number of hydrogen-bond donors (Lipinski definition) is 1. The Bertz CT molecular complexity index is 1030. The first-order valence-corrected chi connectivity index (χ1v) is 11.8. The molecule has 4 rings (SSSR count). The number of thioether (sulfide) groups is 1. The Morgan fingerprint density at radius 3 is 2.90 bits per heavy atom. The normalized spacial score (nSPS) is 14.7. The van der Waals surface area contributed by atoms with Crippen LogP contribution in [0.15, 0.2) is 52.1 Å². The Kier molecular flexibility index (Phi) is 6.74. The number of unbranched alkanes of at least 4 members (excludes halogenated alkanes) is 1. The Labute approximate surface area is 188 Å². The highest BCUT2D eigenvalue weighted by Crippen LogP contribution is 2.41. The fourth-order valence-electron chi connectivity index (χ4n) is 3.12. The molecule has 8 heteroatoms. The molecule has 0 saturated carbocycles. The predicted molar refractivity (Wildman–Crippen MR) is 123 cm³/mol. The van der Waals surface area contributed by atoms with E-state index in [4.69, 9.17) is 9.47 Å². The fourth-order valence-corrected chi connectivity index (χ4v) is 4.35. The maximum atomic E-state index is 6.34. The Morgan fingerprint density at radius 1 is 1.17 bits per heavy atom. The third-order valence-corrected chi connectivity index (χ3v) is 6.01. The summed E-state index contributed by atoms with van der Waals surface area (Å²) in [5.41, 5.74) is 3.38. The van der Waals surface area contributed by atoms with Crippen LogP contribution in [0, 0.1) is 0 Å². The largest absolute Gasteiger partial charge is 0.494 e. The van der Waals surface area contributed by atoms with Crippen molar-refractivity contribution in [3.05, 3.63) is 52.5 Å². The minimum Gasteiger partial charge on any atom is -0.494 e. The number of benzene rings is 2. The van der Waals surface area contributed by atoms with Crippen molar-refractivity contribution in [3.8, 4) is 22.9 Å². The molecule has 30 heavy (non-hydrogen) atoms. The van der Waals surface area contributed by atoms with Crippen molar-refractivity contribution in [2.24, 2.45) is 0 Å². The van der Waals surface area contributed by atoms with Crippen molar-refractivity contribution >= 4 is 33.4 Å². The highest BCUT2D eigenvalue weighted by molar-refractivity contribution is 9.10. The number of halogens is 1. The van der Waals surface area contributed by atoms with Gasteiger partial charge in [0.2, 0.25) is 11.0 Å². The van der Waals surface area contributed by atoms with Crippen molar-refractivity contribution in [2.45, 2.75) is 38.1 Å². The van der Waals surface area contributed by atoms with Gasteiger partial charge in [-0.25, -0.2) is 0 Å². The maximum Gasteiger partial charge on any atom is 0.247 e. The summed E-state index contributed by atoms with van der Waals surface area (Å²) in [5, 5.41) is 12.9. The standard InChI is InChI=1S/C22H23BrN4O2S/c1-3-5-11-30-22-25-21-19(26-27-22)17-13-15(23)9-10-18(17)24-20(29-21)14-7-6-8-16(12-14)28-4-2/h6-10,12-13,20,24H,3-5,11H2,1-2H3. The molecule has 0 amide bonds. The second-order valence-corrected chi connectivity index (χ2v) is 8.77. The lowest BCUT2D eigenvalue weighted by molar-refractivity contribution is 0.224. The molecule has 1 aliphatic rings. The van der Waals surface area contributed by atoms with E-state index in [1.165, 1.54) is 0 Å². The average Bonchev–Trinajstić information content (AvgIpc) is 2.91. The van der Waals surface area contributed by atoms with Gasteiger partial charge in [0.05, 0.1) is 6.61 Å². The minimum atomic E-state index is -0.434. The van der Waals surface area contributed by atoms with Crippen molar-refractivity contribution in [1.29, 1.82) is 0 Å². The van der Waals surface area contributed by atoms with E-state index in [9.17, 15) is 0 Å². The van der Waals surface area contributed by atoms with Crippen LogP contribution in [-0.4, -0.2) is 27.5 Å². The zero-order valence-electron chi connectivity index (χ0n) is 16.9. The summed E-state index contributed by atoms with van der Waals surface area (Å²) < 4.78 is 13.0. The van der Waals surface area contributed by atoms with Gasteiger partial charge in [0.15, 0.2) is 11.9 Å². The zero-order valence-corrected chi connectivity index (χ0v) is 19.3. The molecule has 1 atom stereocenters. The Morgan fingerprint density at radius 2 is 2.07 bits per heavy atom. The number of hydrogen-bond acceptors (Lipinski definition) is 7. The number of rotatable bonds is 7. The first kappa shape index (κ1) is 20.9. The highest BCUT2D eigenvalue weighted by atomic mass is 79.9. The lowest BCUT2D eigenvalue weighted by atomic mass is 10.1. The van der Waals surface area contributed by atoms with E-state index in [1.807, 2.05) is 49.4 Å². The molecule has 0 saturated heterocycles. The van der Waals surface area contributed by atoms with Crippen molar-refractivity contribution in [3.63, 3.8) is 0 Å². The molecule has 1 aromatic heterocycles. The molecular formula is C22H23BrN4O2S. The average molecular weight is 487 g/mol. The van der Waals surface area contributed by atoms with Crippen LogP contribution in [0.2, 0.25) is 0 Å². The van der Waals surface area contributed by atoms with Gasteiger partial charge in [-0.3, -0.25) is 0 Å². The van der Waals surface area contributed by atoms with Crippen LogP contribution in [0.3, 0.4) is 0 Å². The van der Waals surface area contributed by atoms with Gasteiger partial charge in [0.25, 0.3) is 0 Å². The number of aromatic nitrogens is 3. The van der Waals surface area contributed by atoms with Crippen LogP contribution in [0.4, 0.5) is 5.69 Å². The van der Waals surface area contributed by atoms with Gasteiger partial charge in [0.1, 0.15) is 5.75 Å². The molecule has 1 N–H and O–H groups in total. The van der Waals surface area contributed by atoms with Crippen molar-refractivity contribution < 1.29 is 9.47 Å². The van der Waals surface area contributed by atoms with Gasteiger partial charge >= 0.3 is 0 Å². The molecule has 0 bridgehead atoms. The van der Waals surface area contributed by atoms with E-state index >= 15 is 0 Å². The molecule has 0 radical (unpaired) electrons. The molecule has 0 fully saturated rings.